The highest BCUT2D eigenvalue weighted by atomic mass is 19.1. The largest absolute Gasteiger partial charge is 0.444 e. The summed E-state index contributed by atoms with van der Waals surface area (Å²) < 4.78 is 18.7. The van der Waals surface area contributed by atoms with Crippen LogP contribution in [0.2, 0.25) is 0 Å². The van der Waals surface area contributed by atoms with Gasteiger partial charge in [0.1, 0.15) is 11.4 Å². The SMILES string of the molecule is CC(C)(C)OC(=O)N1CCNCC1CN1CCC(Cc2ccc(F)cc2)CC1. The number of carbonyl (C=O) groups is 1. The predicted molar refractivity (Wildman–Crippen MR) is 109 cm³/mol. The quantitative estimate of drug-likeness (QED) is 0.856. The van der Waals surface area contributed by atoms with Crippen LogP contribution < -0.4 is 5.32 Å². The van der Waals surface area contributed by atoms with Crippen molar-refractivity contribution in [1.82, 2.24) is 15.1 Å². The Morgan fingerprint density at radius 1 is 1.18 bits per heavy atom. The van der Waals surface area contributed by atoms with Crippen molar-refractivity contribution in [1.29, 1.82) is 0 Å². The maximum Gasteiger partial charge on any atom is 0.410 e. The van der Waals surface area contributed by atoms with E-state index in [0.717, 1.165) is 52.0 Å². The van der Waals surface area contributed by atoms with Crippen LogP contribution in [0.15, 0.2) is 24.3 Å². The highest BCUT2D eigenvalue weighted by Gasteiger charge is 2.32. The molecule has 0 spiro atoms. The monoisotopic (exact) mass is 391 g/mol. The first kappa shape index (κ1) is 21.1. The van der Waals surface area contributed by atoms with Crippen LogP contribution in [0.25, 0.3) is 0 Å². The topological polar surface area (TPSA) is 44.8 Å². The smallest absolute Gasteiger partial charge is 0.410 e. The maximum absolute atomic E-state index is 13.1. The van der Waals surface area contributed by atoms with Gasteiger partial charge in [-0.1, -0.05) is 12.1 Å². The number of piperidine rings is 1. The van der Waals surface area contributed by atoms with Gasteiger partial charge in [0, 0.05) is 26.2 Å². The van der Waals surface area contributed by atoms with Crippen LogP contribution in [0.4, 0.5) is 9.18 Å². The first-order valence-electron chi connectivity index (χ1n) is 10.5. The summed E-state index contributed by atoms with van der Waals surface area (Å²) in [5.41, 5.74) is 0.748. The van der Waals surface area contributed by atoms with Crippen molar-refractivity contribution in [3.8, 4) is 0 Å². The highest BCUT2D eigenvalue weighted by molar-refractivity contribution is 5.68. The highest BCUT2D eigenvalue weighted by Crippen LogP contribution is 2.23. The van der Waals surface area contributed by atoms with Crippen molar-refractivity contribution in [3.63, 3.8) is 0 Å². The van der Waals surface area contributed by atoms with E-state index in [1.807, 2.05) is 37.8 Å². The van der Waals surface area contributed by atoms with Crippen LogP contribution in [-0.2, 0) is 11.2 Å². The van der Waals surface area contributed by atoms with E-state index in [2.05, 4.69) is 10.2 Å². The molecule has 1 amide bonds. The molecule has 6 heteroatoms. The van der Waals surface area contributed by atoms with E-state index in [1.54, 1.807) is 12.1 Å². The summed E-state index contributed by atoms with van der Waals surface area (Å²) in [6.07, 6.45) is 3.10. The maximum atomic E-state index is 13.1. The summed E-state index contributed by atoms with van der Waals surface area (Å²) in [5, 5.41) is 3.41. The molecule has 2 fully saturated rings. The average Bonchev–Trinajstić information content (AvgIpc) is 2.64. The molecule has 156 valence electrons. The van der Waals surface area contributed by atoms with Gasteiger partial charge < -0.3 is 19.9 Å². The summed E-state index contributed by atoms with van der Waals surface area (Å²) in [5.74, 6) is 0.474. The molecule has 2 heterocycles. The third-order valence-corrected chi connectivity index (χ3v) is 5.59. The standard InChI is InChI=1S/C22H34FN3O2/c1-22(2,3)28-21(27)26-13-10-24-15-20(26)16-25-11-8-18(9-12-25)14-17-4-6-19(23)7-5-17/h4-7,18,20,24H,8-16H2,1-3H3. The number of hydrogen-bond acceptors (Lipinski definition) is 4. The molecular weight excluding hydrogens is 357 g/mol. The number of piperazine rings is 1. The van der Waals surface area contributed by atoms with Crippen LogP contribution in [0, 0.1) is 11.7 Å². The zero-order valence-electron chi connectivity index (χ0n) is 17.4. The number of ether oxygens (including phenoxy) is 1. The van der Waals surface area contributed by atoms with E-state index in [-0.39, 0.29) is 18.0 Å². The molecule has 1 atom stereocenters. The second-order valence-electron chi connectivity index (χ2n) is 9.11. The molecule has 2 aliphatic heterocycles. The molecule has 1 aromatic carbocycles. The minimum atomic E-state index is -0.467. The predicted octanol–water partition coefficient (Wildman–Crippen LogP) is 3.29. The summed E-state index contributed by atoms with van der Waals surface area (Å²) >= 11 is 0. The zero-order valence-corrected chi connectivity index (χ0v) is 17.4. The minimum absolute atomic E-state index is 0.150. The van der Waals surface area contributed by atoms with Gasteiger partial charge in [-0.2, -0.15) is 0 Å². The van der Waals surface area contributed by atoms with Crippen molar-refractivity contribution in [3.05, 3.63) is 35.6 Å². The van der Waals surface area contributed by atoms with Gasteiger partial charge >= 0.3 is 6.09 Å². The lowest BCUT2D eigenvalue weighted by atomic mass is 9.90. The Morgan fingerprint density at radius 3 is 2.50 bits per heavy atom. The molecule has 1 N–H and O–H groups in total. The van der Waals surface area contributed by atoms with Crippen molar-refractivity contribution < 1.29 is 13.9 Å². The van der Waals surface area contributed by atoms with Gasteiger partial charge in [0.15, 0.2) is 0 Å². The van der Waals surface area contributed by atoms with E-state index in [1.165, 1.54) is 5.56 Å². The van der Waals surface area contributed by atoms with E-state index < -0.39 is 5.60 Å². The number of nitrogens with zero attached hydrogens (tertiary/aromatic N) is 2. The summed E-state index contributed by atoms with van der Waals surface area (Å²) in [4.78, 5) is 16.9. The third kappa shape index (κ3) is 6.17. The molecule has 0 bridgehead atoms. The first-order valence-corrected chi connectivity index (χ1v) is 10.5. The molecule has 2 aliphatic rings. The van der Waals surface area contributed by atoms with Gasteiger partial charge in [-0.15, -0.1) is 0 Å². The Labute approximate surface area is 168 Å². The van der Waals surface area contributed by atoms with Crippen LogP contribution in [0.5, 0.6) is 0 Å². The molecule has 0 aromatic heterocycles. The fourth-order valence-electron chi connectivity index (χ4n) is 4.11. The normalized spacial score (nSPS) is 22.3. The molecule has 1 aromatic rings. The molecule has 28 heavy (non-hydrogen) atoms. The zero-order chi connectivity index (χ0) is 20.1. The summed E-state index contributed by atoms with van der Waals surface area (Å²) in [6, 6.07) is 7.04. The van der Waals surface area contributed by atoms with Crippen LogP contribution >= 0.6 is 0 Å². The van der Waals surface area contributed by atoms with E-state index in [4.69, 9.17) is 4.74 Å². The second kappa shape index (κ2) is 9.23. The number of likely N-dealkylation sites (tertiary alicyclic amines) is 1. The lowest BCUT2D eigenvalue weighted by Crippen LogP contribution is -2.58. The fourth-order valence-corrected chi connectivity index (χ4v) is 4.11. The fraction of sp³-hybridized carbons (Fsp3) is 0.682. The van der Waals surface area contributed by atoms with Gasteiger partial charge in [0.05, 0.1) is 6.04 Å². The van der Waals surface area contributed by atoms with Crippen molar-refractivity contribution in [2.24, 2.45) is 5.92 Å². The van der Waals surface area contributed by atoms with Gasteiger partial charge in [-0.3, -0.25) is 0 Å². The average molecular weight is 392 g/mol. The van der Waals surface area contributed by atoms with Gasteiger partial charge in [-0.05, 0) is 76.7 Å². The Kier molecular flexibility index (Phi) is 6.94. The molecule has 1 unspecified atom stereocenters. The molecule has 2 saturated heterocycles. The Morgan fingerprint density at radius 2 is 1.86 bits per heavy atom. The number of nitrogens with one attached hydrogen (secondary N) is 1. The van der Waals surface area contributed by atoms with E-state index >= 15 is 0 Å². The third-order valence-electron chi connectivity index (χ3n) is 5.59. The van der Waals surface area contributed by atoms with Crippen molar-refractivity contribution in [2.75, 3.05) is 39.3 Å². The second-order valence-corrected chi connectivity index (χ2v) is 9.11. The molecular formula is C22H34FN3O2. The molecule has 0 aliphatic carbocycles. The number of rotatable bonds is 4. The van der Waals surface area contributed by atoms with Crippen LogP contribution in [0.3, 0.4) is 0 Å². The molecule has 0 radical (unpaired) electrons. The number of carbonyl (C=O) groups excluding carboxylic acids is 1. The Bertz CT molecular complexity index is 636. The van der Waals surface area contributed by atoms with Crippen LogP contribution in [0.1, 0.15) is 39.2 Å². The van der Waals surface area contributed by atoms with Crippen LogP contribution in [-0.4, -0.2) is 66.8 Å². The number of hydrogen-bond donors (Lipinski definition) is 1. The lowest BCUT2D eigenvalue weighted by Gasteiger charge is -2.41. The van der Waals surface area contributed by atoms with Crippen molar-refractivity contribution in [2.45, 2.75) is 51.7 Å². The number of amides is 1. The van der Waals surface area contributed by atoms with Crippen molar-refractivity contribution >= 4 is 6.09 Å². The van der Waals surface area contributed by atoms with Gasteiger partial charge in [-0.25, -0.2) is 9.18 Å². The minimum Gasteiger partial charge on any atom is -0.444 e. The first-order chi connectivity index (χ1) is 13.3. The van der Waals surface area contributed by atoms with Gasteiger partial charge in [0.25, 0.3) is 0 Å². The molecule has 0 saturated carbocycles. The number of benzene rings is 1. The Balaban J connectivity index is 1.48. The molecule has 5 nitrogen and oxygen atoms in total. The summed E-state index contributed by atoms with van der Waals surface area (Å²) in [7, 11) is 0. The van der Waals surface area contributed by atoms with Gasteiger partial charge in [0.2, 0.25) is 0 Å². The lowest BCUT2D eigenvalue weighted by molar-refractivity contribution is 0.00609. The Hall–Kier alpha value is -1.66. The van der Waals surface area contributed by atoms with E-state index in [0.29, 0.717) is 12.5 Å². The summed E-state index contributed by atoms with van der Waals surface area (Å²) in [6.45, 7) is 11.0. The van der Waals surface area contributed by atoms with E-state index in [9.17, 15) is 9.18 Å². The molecule has 3 rings (SSSR count). The number of halogens is 1.